The minimum Gasteiger partial charge on any atom is -0.379 e. The van der Waals surface area contributed by atoms with Gasteiger partial charge in [0.1, 0.15) is 10.6 Å². The monoisotopic (exact) mass is 395 g/mol. The lowest BCUT2D eigenvalue weighted by Crippen LogP contribution is -2.18. The smallest absolute Gasteiger partial charge is 0.379 e. The summed E-state index contributed by atoms with van der Waals surface area (Å²) in [4.78, 5) is -0.576. The summed E-state index contributed by atoms with van der Waals surface area (Å²) >= 11 is 0. The fraction of sp³-hybridized carbons (Fsp3) is 0.143. The van der Waals surface area contributed by atoms with Crippen LogP contribution in [0.5, 0.6) is 5.75 Å². The van der Waals surface area contributed by atoms with Crippen molar-refractivity contribution >= 4 is 20.1 Å². The molecule has 0 saturated carbocycles. The molecule has 2 aromatic rings. The Hall–Kier alpha value is -2.11. The molecule has 0 amide bonds. The Balaban J connectivity index is 2.31. The van der Waals surface area contributed by atoms with Crippen molar-refractivity contribution in [2.45, 2.75) is 16.0 Å². The van der Waals surface area contributed by atoms with Crippen molar-refractivity contribution in [3.05, 3.63) is 54.1 Å². The van der Waals surface area contributed by atoms with Crippen LogP contribution >= 0.6 is 0 Å². The van der Waals surface area contributed by atoms with E-state index in [9.17, 15) is 30.0 Å². The van der Waals surface area contributed by atoms with Crippen LogP contribution in [0.15, 0.2) is 58.3 Å². The average Bonchev–Trinajstić information content (AvgIpc) is 2.54. The van der Waals surface area contributed by atoms with Crippen LogP contribution in [-0.4, -0.2) is 23.9 Å². The Morgan fingerprint density at radius 1 is 0.920 bits per heavy atom. The number of hydrogen-bond acceptors (Lipinski definition) is 5. The third-order valence-electron chi connectivity index (χ3n) is 3.06. The first kappa shape index (κ1) is 19.2. The Morgan fingerprint density at radius 3 is 2.00 bits per heavy atom. The summed E-state index contributed by atoms with van der Waals surface area (Å²) in [6.45, 7) is 0. The lowest BCUT2D eigenvalue weighted by molar-refractivity contribution is -0.137. The molecule has 0 unspecified atom stereocenters. The van der Waals surface area contributed by atoms with Gasteiger partial charge in [0.05, 0.1) is 10.5 Å². The first-order valence-corrected chi connectivity index (χ1v) is 9.50. The third kappa shape index (κ3) is 4.50. The number of halogens is 3. The molecule has 0 aliphatic heterocycles. The number of nitrogens with one attached hydrogen (secondary N) is 1. The van der Waals surface area contributed by atoms with Crippen LogP contribution in [0.25, 0.3) is 0 Å². The molecule has 2 rings (SSSR count). The van der Waals surface area contributed by atoms with Crippen molar-refractivity contribution in [1.82, 2.24) is 4.72 Å². The van der Waals surface area contributed by atoms with E-state index in [-0.39, 0.29) is 4.90 Å². The van der Waals surface area contributed by atoms with Gasteiger partial charge in [-0.2, -0.15) is 21.6 Å². The minimum absolute atomic E-state index is 0.173. The van der Waals surface area contributed by atoms with E-state index in [0.717, 1.165) is 42.5 Å². The van der Waals surface area contributed by atoms with Crippen molar-refractivity contribution in [1.29, 1.82) is 0 Å². The molecule has 0 atom stereocenters. The maximum atomic E-state index is 12.6. The Labute approximate surface area is 142 Å². The van der Waals surface area contributed by atoms with E-state index < -0.39 is 42.5 Å². The number of hydrogen-bond donors (Lipinski definition) is 1. The van der Waals surface area contributed by atoms with Gasteiger partial charge in [0.25, 0.3) is 0 Å². The summed E-state index contributed by atoms with van der Waals surface area (Å²) in [5.41, 5.74) is -1.06. The highest BCUT2D eigenvalue weighted by atomic mass is 32.2. The molecule has 1 N–H and O–H groups in total. The predicted octanol–water partition coefficient (Wildman–Crippen LogP) is 2.38. The van der Waals surface area contributed by atoms with Gasteiger partial charge >= 0.3 is 16.3 Å². The molecular weight excluding hydrogens is 383 g/mol. The molecule has 0 aliphatic rings. The van der Waals surface area contributed by atoms with E-state index in [1.54, 1.807) is 0 Å². The van der Waals surface area contributed by atoms with Crippen LogP contribution in [0.1, 0.15) is 5.56 Å². The van der Waals surface area contributed by atoms with E-state index >= 15 is 0 Å². The maximum absolute atomic E-state index is 12.6. The molecule has 0 saturated heterocycles. The number of sulfonamides is 1. The van der Waals surface area contributed by atoms with Crippen LogP contribution in [0.3, 0.4) is 0 Å². The quantitative estimate of drug-likeness (QED) is 0.786. The second-order valence-corrected chi connectivity index (χ2v) is 8.17. The zero-order valence-corrected chi connectivity index (χ0v) is 14.2. The second kappa shape index (κ2) is 6.65. The van der Waals surface area contributed by atoms with E-state index in [4.69, 9.17) is 0 Å². The zero-order chi connectivity index (χ0) is 18.9. The zero-order valence-electron chi connectivity index (χ0n) is 12.6. The van der Waals surface area contributed by atoms with Gasteiger partial charge < -0.3 is 4.18 Å². The molecule has 25 heavy (non-hydrogen) atoms. The highest BCUT2D eigenvalue weighted by Gasteiger charge is 2.31. The number of rotatable bonds is 5. The molecule has 0 fully saturated rings. The van der Waals surface area contributed by atoms with E-state index in [2.05, 4.69) is 8.91 Å². The molecular formula is C14H12F3NO5S2. The van der Waals surface area contributed by atoms with Crippen molar-refractivity contribution in [3.63, 3.8) is 0 Å². The van der Waals surface area contributed by atoms with Crippen LogP contribution in [-0.2, 0) is 26.3 Å². The first-order valence-electron chi connectivity index (χ1n) is 6.61. The molecule has 0 aromatic heterocycles. The third-order valence-corrected chi connectivity index (χ3v) is 5.75. The summed E-state index contributed by atoms with van der Waals surface area (Å²) in [6, 6.07) is 7.43. The summed E-state index contributed by atoms with van der Waals surface area (Å²) in [6.07, 6.45) is -4.65. The highest BCUT2D eigenvalue weighted by molar-refractivity contribution is 7.89. The molecule has 0 spiro atoms. The van der Waals surface area contributed by atoms with E-state index in [1.165, 1.54) is 7.05 Å². The molecule has 11 heteroatoms. The topological polar surface area (TPSA) is 89.5 Å². The van der Waals surface area contributed by atoms with Crippen molar-refractivity contribution in [2.24, 2.45) is 0 Å². The molecule has 136 valence electrons. The Bertz CT molecular complexity index is 968. The minimum atomic E-state index is -4.65. The molecule has 6 nitrogen and oxygen atoms in total. The fourth-order valence-corrected chi connectivity index (χ4v) is 3.46. The Kier molecular flexibility index (Phi) is 5.11. The van der Waals surface area contributed by atoms with Crippen molar-refractivity contribution in [3.8, 4) is 5.75 Å². The molecule has 2 aromatic carbocycles. The molecule has 0 radical (unpaired) electrons. The van der Waals surface area contributed by atoms with Crippen LogP contribution in [0.2, 0.25) is 0 Å². The van der Waals surface area contributed by atoms with Crippen molar-refractivity contribution in [2.75, 3.05) is 7.05 Å². The lowest BCUT2D eigenvalue weighted by atomic mass is 10.2. The largest absolute Gasteiger partial charge is 0.416 e. The molecule has 0 bridgehead atoms. The average molecular weight is 395 g/mol. The maximum Gasteiger partial charge on any atom is 0.416 e. The summed E-state index contributed by atoms with van der Waals surface area (Å²) < 4.78 is 92.1. The summed E-state index contributed by atoms with van der Waals surface area (Å²) in [5.74, 6) is -0.512. The van der Waals surface area contributed by atoms with Gasteiger partial charge in [-0.05, 0) is 49.5 Å². The summed E-state index contributed by atoms with van der Waals surface area (Å²) in [5, 5.41) is 0. The molecule has 0 heterocycles. The van der Waals surface area contributed by atoms with Gasteiger partial charge in [-0.25, -0.2) is 13.1 Å². The standard InChI is InChI=1S/C14H12F3NO5S2/c1-18-24(19,20)12-5-7-13(8-6-12)25(21,22)23-11-4-2-3-10(9-11)14(15,16)17/h2-9,18H,1H3. The summed E-state index contributed by atoms with van der Waals surface area (Å²) in [7, 11) is -6.99. The first-order chi connectivity index (χ1) is 11.5. The van der Waals surface area contributed by atoms with E-state index in [0.29, 0.717) is 6.07 Å². The second-order valence-electron chi connectivity index (χ2n) is 4.74. The van der Waals surface area contributed by atoms with Gasteiger partial charge in [0, 0.05) is 0 Å². The number of alkyl halides is 3. The normalized spacial score (nSPS) is 12.8. The van der Waals surface area contributed by atoms with Gasteiger partial charge in [0.15, 0.2) is 0 Å². The van der Waals surface area contributed by atoms with Crippen LogP contribution in [0, 0.1) is 0 Å². The van der Waals surface area contributed by atoms with Gasteiger partial charge in [0.2, 0.25) is 10.0 Å². The lowest BCUT2D eigenvalue weighted by Gasteiger charge is -2.10. The SMILES string of the molecule is CNS(=O)(=O)c1ccc(S(=O)(=O)Oc2cccc(C(F)(F)F)c2)cc1. The highest BCUT2D eigenvalue weighted by Crippen LogP contribution is 2.32. The van der Waals surface area contributed by atoms with Gasteiger partial charge in [-0.1, -0.05) is 6.07 Å². The predicted molar refractivity (Wildman–Crippen MR) is 81.9 cm³/mol. The number of benzene rings is 2. The fourth-order valence-electron chi connectivity index (χ4n) is 1.80. The van der Waals surface area contributed by atoms with Gasteiger partial charge in [-0.3, -0.25) is 0 Å². The Morgan fingerprint density at radius 2 is 1.48 bits per heavy atom. The van der Waals surface area contributed by atoms with Crippen LogP contribution < -0.4 is 8.91 Å². The van der Waals surface area contributed by atoms with Crippen molar-refractivity contribution < 1.29 is 34.2 Å². The van der Waals surface area contributed by atoms with Crippen LogP contribution in [0.4, 0.5) is 13.2 Å². The van der Waals surface area contributed by atoms with Gasteiger partial charge in [-0.15, -0.1) is 0 Å². The van der Waals surface area contributed by atoms with E-state index in [1.807, 2.05) is 0 Å². The molecule has 0 aliphatic carbocycles.